The maximum Gasteiger partial charge on any atom is 0.620 e. The van der Waals surface area contributed by atoms with Crippen LogP contribution in [0.25, 0.3) is 0 Å². The fourth-order valence-corrected chi connectivity index (χ4v) is 1.25. The third-order valence-corrected chi connectivity index (χ3v) is 2.41. The number of rotatable bonds is 9. The molecule has 17 heteroatoms. The van der Waals surface area contributed by atoms with E-state index < -0.39 is 55.3 Å². The standard InChI is InChI=1S/C5H5F2N5O10/c6-4(9(15)16,10(17)18)1-3(8(13)14)2-5(7,11(19)20)12(21)22/h3H,1-2H2. The Labute approximate surface area is 116 Å². The molecule has 0 aliphatic heterocycles. The first kappa shape index (κ1) is 18.9. The number of hydrogen-bond acceptors (Lipinski definition) is 10. The van der Waals surface area contributed by atoms with Crippen LogP contribution in [-0.2, 0) is 0 Å². The van der Waals surface area contributed by atoms with Crippen LogP contribution in [0.15, 0.2) is 0 Å². The molecule has 0 saturated carbocycles. The van der Waals surface area contributed by atoms with Gasteiger partial charge in [0.15, 0.2) is 12.8 Å². The van der Waals surface area contributed by atoms with Crippen LogP contribution in [0.2, 0.25) is 0 Å². The maximum atomic E-state index is 13.5. The molecule has 0 atom stereocenters. The zero-order valence-corrected chi connectivity index (χ0v) is 10.1. The van der Waals surface area contributed by atoms with Gasteiger partial charge in [0.05, 0.1) is 0 Å². The highest BCUT2D eigenvalue weighted by atomic mass is 19.2. The highest BCUT2D eigenvalue weighted by Crippen LogP contribution is 2.28. The quantitative estimate of drug-likeness (QED) is 0.233. The molecule has 0 bridgehead atoms. The second-order valence-electron chi connectivity index (χ2n) is 3.81. The van der Waals surface area contributed by atoms with E-state index in [1.807, 2.05) is 0 Å². The van der Waals surface area contributed by atoms with Crippen molar-refractivity contribution in [3.05, 3.63) is 50.6 Å². The molecule has 0 saturated heterocycles. The largest absolute Gasteiger partial charge is 0.620 e. The number of nitrogens with zero attached hydrogens (tertiary/aromatic N) is 5. The van der Waals surface area contributed by atoms with Crippen molar-refractivity contribution in [1.29, 1.82) is 0 Å². The second-order valence-corrected chi connectivity index (χ2v) is 3.81. The molecule has 0 heterocycles. The van der Waals surface area contributed by atoms with Crippen molar-refractivity contribution in [2.75, 3.05) is 0 Å². The molecule has 22 heavy (non-hydrogen) atoms. The highest BCUT2D eigenvalue weighted by Gasteiger charge is 2.68. The van der Waals surface area contributed by atoms with Gasteiger partial charge in [-0.3, -0.25) is 50.6 Å². The molecule has 15 nitrogen and oxygen atoms in total. The summed E-state index contributed by atoms with van der Waals surface area (Å²) in [5.74, 6) is -9.32. The van der Waals surface area contributed by atoms with Gasteiger partial charge < -0.3 is 0 Å². The zero-order chi connectivity index (χ0) is 17.9. The molecular weight excluding hydrogens is 328 g/mol. The van der Waals surface area contributed by atoms with Crippen molar-refractivity contribution in [3.8, 4) is 0 Å². The van der Waals surface area contributed by atoms with E-state index >= 15 is 0 Å². The summed E-state index contributed by atoms with van der Waals surface area (Å²) in [4.78, 5) is 41.1. The van der Waals surface area contributed by atoms with Crippen LogP contribution >= 0.6 is 0 Å². The van der Waals surface area contributed by atoms with Gasteiger partial charge in [-0.05, 0) is 0 Å². The number of hydrogen-bond donors (Lipinski definition) is 0. The molecule has 0 spiro atoms. The Balaban J connectivity index is 5.65. The Hall–Kier alpha value is -3.14. The molecule has 0 fully saturated rings. The summed E-state index contributed by atoms with van der Waals surface area (Å²) in [6, 6.07) is -2.97. The maximum absolute atomic E-state index is 13.5. The van der Waals surface area contributed by atoms with Gasteiger partial charge in [0, 0.05) is 4.92 Å². The Morgan fingerprint density at radius 3 is 1.05 bits per heavy atom. The van der Waals surface area contributed by atoms with Crippen molar-refractivity contribution in [1.82, 2.24) is 0 Å². The molecule has 0 amide bonds. The van der Waals surface area contributed by atoms with Gasteiger partial charge in [-0.1, -0.05) is 8.78 Å². The summed E-state index contributed by atoms with van der Waals surface area (Å²) in [5.41, 5.74) is 0. The lowest BCUT2D eigenvalue weighted by molar-refractivity contribution is -0.846. The van der Waals surface area contributed by atoms with E-state index in [1.54, 1.807) is 0 Å². The predicted molar refractivity (Wildman–Crippen MR) is 55.7 cm³/mol. The lowest BCUT2D eigenvalue weighted by atomic mass is 10.1. The third-order valence-electron chi connectivity index (χ3n) is 2.41. The summed E-state index contributed by atoms with van der Waals surface area (Å²) in [6.07, 6.45) is -4.49. The minimum Gasteiger partial charge on any atom is -0.264 e. The first-order chi connectivity index (χ1) is 9.79. The summed E-state index contributed by atoms with van der Waals surface area (Å²) in [6.45, 7) is 0. The van der Waals surface area contributed by atoms with Crippen LogP contribution in [-0.4, -0.2) is 42.5 Å². The molecule has 0 aromatic carbocycles. The lowest BCUT2D eigenvalue weighted by Gasteiger charge is -2.13. The summed E-state index contributed by atoms with van der Waals surface area (Å²) in [5, 5.41) is 51.6. The lowest BCUT2D eigenvalue weighted by Crippen LogP contribution is -2.50. The van der Waals surface area contributed by atoms with Crippen molar-refractivity contribution in [3.63, 3.8) is 0 Å². The highest BCUT2D eigenvalue weighted by molar-refractivity contribution is 4.69. The van der Waals surface area contributed by atoms with E-state index in [-0.39, 0.29) is 0 Å². The van der Waals surface area contributed by atoms with Crippen LogP contribution in [0.5, 0.6) is 0 Å². The molecule has 0 N–H and O–H groups in total. The monoisotopic (exact) mass is 333 g/mol. The molecule has 0 aromatic heterocycles. The first-order valence-electron chi connectivity index (χ1n) is 4.88. The van der Waals surface area contributed by atoms with E-state index in [9.17, 15) is 59.4 Å². The SMILES string of the molecule is O=[N+]([O-])C(CC(F)([N+](=O)[O-])[N+](=O)[O-])CC(F)([N+](=O)[O-])[N+](=O)[O-]. The van der Waals surface area contributed by atoms with E-state index in [0.29, 0.717) is 0 Å². The van der Waals surface area contributed by atoms with Gasteiger partial charge in [-0.2, -0.15) is 0 Å². The van der Waals surface area contributed by atoms with Crippen molar-refractivity contribution in [2.24, 2.45) is 0 Å². The molecule has 124 valence electrons. The topological polar surface area (TPSA) is 216 Å². The average molecular weight is 333 g/mol. The molecule has 0 aromatic rings. The Morgan fingerprint density at radius 2 is 0.909 bits per heavy atom. The minimum atomic E-state index is -4.66. The third kappa shape index (κ3) is 3.49. The molecular formula is C5H5F2N5O10. The second kappa shape index (κ2) is 6.10. The predicted octanol–water partition coefficient (Wildman–Crippen LogP) is -0.235. The minimum absolute atomic E-state index is 1.72. The molecule has 0 aliphatic rings. The molecule has 0 radical (unpaired) electrons. The fourth-order valence-electron chi connectivity index (χ4n) is 1.25. The molecule has 0 unspecified atom stereocenters. The Kier molecular flexibility index (Phi) is 5.23. The van der Waals surface area contributed by atoms with Crippen LogP contribution in [0.4, 0.5) is 8.78 Å². The normalized spacial score (nSPS) is 12.0. The van der Waals surface area contributed by atoms with Crippen LogP contribution in [0, 0.1) is 50.6 Å². The van der Waals surface area contributed by atoms with Crippen LogP contribution < -0.4 is 0 Å². The van der Waals surface area contributed by atoms with Gasteiger partial charge >= 0.3 is 11.8 Å². The van der Waals surface area contributed by atoms with Gasteiger partial charge in [0.2, 0.25) is 6.04 Å². The average Bonchev–Trinajstić information content (AvgIpc) is 2.36. The molecule has 0 aliphatic carbocycles. The van der Waals surface area contributed by atoms with Crippen molar-refractivity contribution in [2.45, 2.75) is 30.7 Å². The van der Waals surface area contributed by atoms with E-state index in [1.165, 1.54) is 0 Å². The number of halogens is 2. The summed E-state index contributed by atoms with van der Waals surface area (Å²) in [7, 11) is 0. The van der Waals surface area contributed by atoms with E-state index in [0.717, 1.165) is 0 Å². The van der Waals surface area contributed by atoms with Crippen LogP contribution in [0.1, 0.15) is 12.8 Å². The van der Waals surface area contributed by atoms with Crippen LogP contribution in [0.3, 0.4) is 0 Å². The number of alkyl halides is 2. The Bertz CT molecular complexity index is 470. The van der Waals surface area contributed by atoms with Crippen molar-refractivity contribution < 1.29 is 33.4 Å². The fraction of sp³-hybridized carbons (Fsp3) is 1.00. The Morgan fingerprint density at radius 1 is 0.682 bits per heavy atom. The zero-order valence-electron chi connectivity index (χ0n) is 10.1. The van der Waals surface area contributed by atoms with Gasteiger partial charge in [-0.15, -0.1) is 0 Å². The first-order valence-corrected chi connectivity index (χ1v) is 4.88. The van der Waals surface area contributed by atoms with Gasteiger partial charge in [-0.25, -0.2) is 0 Å². The van der Waals surface area contributed by atoms with E-state index in [2.05, 4.69) is 0 Å². The smallest absolute Gasteiger partial charge is 0.264 e. The summed E-state index contributed by atoms with van der Waals surface area (Å²) >= 11 is 0. The number of nitro groups is 5. The van der Waals surface area contributed by atoms with Gasteiger partial charge in [0.25, 0.3) is 0 Å². The van der Waals surface area contributed by atoms with Crippen molar-refractivity contribution >= 4 is 0 Å². The molecule has 0 rings (SSSR count). The van der Waals surface area contributed by atoms with Gasteiger partial charge in [0.1, 0.15) is 19.7 Å². The van der Waals surface area contributed by atoms with E-state index in [4.69, 9.17) is 0 Å². The summed E-state index contributed by atoms with van der Waals surface area (Å²) < 4.78 is 26.9.